The van der Waals surface area contributed by atoms with E-state index in [9.17, 15) is 24.0 Å². The van der Waals surface area contributed by atoms with Gasteiger partial charge in [0.05, 0.1) is 18.9 Å². The molecule has 2 aliphatic rings. The van der Waals surface area contributed by atoms with Gasteiger partial charge in [-0.25, -0.2) is 9.78 Å². The fourth-order valence-corrected chi connectivity index (χ4v) is 4.66. The highest BCUT2D eigenvalue weighted by Crippen LogP contribution is 2.34. The predicted octanol–water partition coefficient (Wildman–Crippen LogP) is 2.81. The van der Waals surface area contributed by atoms with Crippen molar-refractivity contribution in [2.75, 3.05) is 13.7 Å². The third-order valence-electron chi connectivity index (χ3n) is 7.41. The Morgan fingerprint density at radius 2 is 1.79 bits per heavy atom. The number of nitrogens with zero attached hydrogens (tertiary/aromatic N) is 1. The summed E-state index contributed by atoms with van der Waals surface area (Å²) in [4.78, 5) is 69.3. The number of hydrogen-bond donors (Lipinski definition) is 1. The van der Waals surface area contributed by atoms with E-state index in [0.717, 1.165) is 12.0 Å². The van der Waals surface area contributed by atoms with Crippen LogP contribution in [0.5, 0.6) is 11.5 Å². The highest BCUT2D eigenvalue weighted by atomic mass is 16.6. The van der Waals surface area contributed by atoms with E-state index in [0.29, 0.717) is 12.8 Å². The first-order chi connectivity index (χ1) is 20.6. The molecule has 12 heteroatoms. The smallest absolute Gasteiger partial charge is 0.332 e. The van der Waals surface area contributed by atoms with Crippen LogP contribution < -0.4 is 14.8 Å². The number of cyclic esters (lactones) is 2. The number of esters is 4. The second-order valence-corrected chi connectivity index (χ2v) is 10.9. The monoisotopic (exact) mass is 596 g/mol. The van der Waals surface area contributed by atoms with Gasteiger partial charge in [0.25, 0.3) is 5.91 Å². The molecule has 1 aromatic carbocycles. The number of hydrogen-bond acceptors (Lipinski definition) is 11. The van der Waals surface area contributed by atoms with E-state index < -0.39 is 66.5 Å². The number of nitrogens with one attached hydrogen (secondary N) is 1. The molecule has 1 N–H and O–H groups in total. The Morgan fingerprint density at radius 1 is 1.07 bits per heavy atom. The third kappa shape index (κ3) is 7.68. The molecular formula is C31H36N2O10. The number of carbonyl (C=O) groups is 5. The Labute approximate surface area is 249 Å². The van der Waals surface area contributed by atoms with Crippen LogP contribution in [0.25, 0.3) is 0 Å². The maximum absolute atomic E-state index is 13.4. The van der Waals surface area contributed by atoms with Crippen LogP contribution in [-0.2, 0) is 39.8 Å². The third-order valence-corrected chi connectivity index (χ3v) is 7.41. The molecule has 0 bridgehead atoms. The first kappa shape index (κ1) is 31.5. The summed E-state index contributed by atoms with van der Waals surface area (Å²) in [6.07, 6.45) is 1.49. The maximum atomic E-state index is 13.4. The molecule has 0 spiro atoms. The van der Waals surface area contributed by atoms with Gasteiger partial charge in [-0.05, 0) is 31.7 Å². The molecule has 2 aromatic rings. The Bertz CT molecular complexity index is 1340. The molecule has 4 rings (SSSR count). The van der Waals surface area contributed by atoms with Crippen LogP contribution in [0.3, 0.4) is 0 Å². The van der Waals surface area contributed by atoms with Crippen molar-refractivity contribution < 1.29 is 47.7 Å². The second-order valence-electron chi connectivity index (χ2n) is 10.9. The van der Waals surface area contributed by atoms with Crippen LogP contribution in [0.15, 0.2) is 42.6 Å². The van der Waals surface area contributed by atoms with Crippen molar-refractivity contribution in [3.63, 3.8) is 0 Å². The van der Waals surface area contributed by atoms with Gasteiger partial charge in [0.2, 0.25) is 5.75 Å². The summed E-state index contributed by atoms with van der Waals surface area (Å²) in [5, 5.41) is 2.47. The number of amides is 1. The highest BCUT2D eigenvalue weighted by molar-refractivity contribution is 5.99. The zero-order chi connectivity index (χ0) is 31.1. The van der Waals surface area contributed by atoms with Crippen molar-refractivity contribution in [1.82, 2.24) is 10.3 Å². The van der Waals surface area contributed by atoms with Crippen LogP contribution in [0.1, 0.15) is 56.1 Å². The Hall–Kier alpha value is -4.48. The minimum absolute atomic E-state index is 0.100. The van der Waals surface area contributed by atoms with Crippen molar-refractivity contribution in [2.24, 2.45) is 17.8 Å². The molecule has 43 heavy (non-hydrogen) atoms. The Morgan fingerprint density at radius 3 is 2.42 bits per heavy atom. The van der Waals surface area contributed by atoms with E-state index in [-0.39, 0.29) is 29.5 Å². The van der Waals surface area contributed by atoms with Crippen molar-refractivity contribution in [3.8, 4) is 11.5 Å². The summed E-state index contributed by atoms with van der Waals surface area (Å²) < 4.78 is 27.6. The Balaban J connectivity index is 1.57. The first-order valence-electron chi connectivity index (χ1n) is 14.3. The van der Waals surface area contributed by atoms with E-state index >= 15 is 0 Å². The molecule has 12 nitrogen and oxygen atoms in total. The van der Waals surface area contributed by atoms with E-state index in [1.54, 1.807) is 13.8 Å². The van der Waals surface area contributed by atoms with Gasteiger partial charge in [-0.1, -0.05) is 50.6 Å². The first-order valence-corrected chi connectivity index (χ1v) is 14.3. The SMILES string of the molecule is COc1ccnc(C(=O)N[C@H]2COC(=O)[C@H](Cc3ccccc3)[C@@H](OC(=O)C(C)C)[C@H](C)OC2=O)c1OC(=O)C1CCC1. The van der Waals surface area contributed by atoms with Gasteiger partial charge in [0, 0.05) is 12.3 Å². The van der Waals surface area contributed by atoms with Gasteiger partial charge < -0.3 is 29.0 Å². The second kappa shape index (κ2) is 14.1. The largest absolute Gasteiger partial charge is 0.493 e. The zero-order valence-electron chi connectivity index (χ0n) is 24.6. The lowest BCUT2D eigenvalue weighted by atomic mass is 9.86. The van der Waals surface area contributed by atoms with Gasteiger partial charge in [-0.3, -0.25) is 19.2 Å². The molecule has 1 aromatic heterocycles. The molecule has 0 radical (unpaired) electrons. The molecule has 2 fully saturated rings. The molecule has 1 saturated carbocycles. The van der Waals surface area contributed by atoms with Crippen molar-refractivity contribution in [2.45, 2.75) is 64.7 Å². The van der Waals surface area contributed by atoms with Gasteiger partial charge in [0.15, 0.2) is 23.6 Å². The number of methoxy groups -OCH3 is 1. The van der Waals surface area contributed by atoms with Crippen LogP contribution in [0.4, 0.5) is 0 Å². The van der Waals surface area contributed by atoms with Crippen molar-refractivity contribution >= 4 is 29.8 Å². The van der Waals surface area contributed by atoms with Crippen LogP contribution in [0.2, 0.25) is 0 Å². The fraction of sp³-hybridized carbons (Fsp3) is 0.484. The normalized spacial score (nSPS) is 22.5. The average Bonchev–Trinajstić information content (AvgIpc) is 2.98. The predicted molar refractivity (Wildman–Crippen MR) is 150 cm³/mol. The molecule has 1 aliphatic heterocycles. The van der Waals surface area contributed by atoms with E-state index in [1.165, 1.54) is 26.3 Å². The lowest BCUT2D eigenvalue weighted by molar-refractivity contribution is -0.176. The molecule has 1 saturated heterocycles. The Kier molecular flexibility index (Phi) is 10.3. The molecule has 1 amide bonds. The highest BCUT2D eigenvalue weighted by Gasteiger charge is 2.42. The standard InChI is InChI=1S/C31H36N2O10/c1-17(2)28(35)42-25-18(3)41-31(38)22(16-40-30(37)21(25)15-19-9-6-5-7-10-19)33-27(34)24-26(23(39-4)13-14-32-24)43-29(36)20-11-8-12-20/h5-7,9-10,13-14,17-18,20-22,25H,8,11-12,15-16H2,1-4H3,(H,33,34)/t18-,21+,22-,25-/m0/s1. The van der Waals surface area contributed by atoms with E-state index in [1.807, 2.05) is 30.3 Å². The fourth-order valence-electron chi connectivity index (χ4n) is 4.66. The van der Waals surface area contributed by atoms with Crippen LogP contribution in [-0.4, -0.2) is 66.7 Å². The van der Waals surface area contributed by atoms with Crippen LogP contribution in [0, 0.1) is 17.8 Å². The van der Waals surface area contributed by atoms with Gasteiger partial charge in [0.1, 0.15) is 18.6 Å². The van der Waals surface area contributed by atoms with Crippen molar-refractivity contribution in [3.05, 3.63) is 53.9 Å². The summed E-state index contributed by atoms with van der Waals surface area (Å²) in [5.41, 5.74) is 0.482. The maximum Gasteiger partial charge on any atom is 0.332 e. The minimum Gasteiger partial charge on any atom is -0.493 e. The summed E-state index contributed by atoms with van der Waals surface area (Å²) in [6, 6.07) is 9.07. The van der Waals surface area contributed by atoms with Crippen LogP contribution >= 0.6 is 0 Å². The number of benzene rings is 1. The lowest BCUT2D eigenvalue weighted by Gasteiger charge is -2.29. The topological polar surface area (TPSA) is 156 Å². The van der Waals surface area contributed by atoms with Crippen molar-refractivity contribution in [1.29, 1.82) is 0 Å². The molecule has 4 atom stereocenters. The summed E-state index contributed by atoms with van der Waals surface area (Å²) in [7, 11) is 1.35. The summed E-state index contributed by atoms with van der Waals surface area (Å²) >= 11 is 0. The van der Waals surface area contributed by atoms with E-state index in [2.05, 4.69) is 10.3 Å². The molecular weight excluding hydrogens is 560 g/mol. The van der Waals surface area contributed by atoms with Gasteiger partial charge >= 0.3 is 23.9 Å². The summed E-state index contributed by atoms with van der Waals surface area (Å²) in [5.74, 6) is -5.50. The number of aromatic nitrogens is 1. The minimum atomic E-state index is -1.45. The number of carbonyl (C=O) groups excluding carboxylic acids is 5. The molecule has 230 valence electrons. The van der Waals surface area contributed by atoms with E-state index in [4.69, 9.17) is 23.7 Å². The number of pyridine rings is 1. The quantitative estimate of drug-likeness (QED) is 0.335. The molecule has 2 heterocycles. The van der Waals surface area contributed by atoms with Gasteiger partial charge in [-0.15, -0.1) is 0 Å². The average molecular weight is 597 g/mol. The zero-order valence-corrected chi connectivity index (χ0v) is 24.6. The lowest BCUT2D eigenvalue weighted by Crippen LogP contribution is -2.47. The number of ether oxygens (including phenoxy) is 5. The molecule has 1 aliphatic carbocycles. The molecule has 0 unspecified atom stereocenters. The number of rotatable bonds is 9. The van der Waals surface area contributed by atoms with Gasteiger partial charge in [-0.2, -0.15) is 0 Å². The summed E-state index contributed by atoms with van der Waals surface area (Å²) in [6.45, 7) is 4.24.